The fraction of sp³-hybridized carbons (Fsp3) is 0.552. The van der Waals surface area contributed by atoms with E-state index in [1.165, 1.54) is 4.90 Å². The van der Waals surface area contributed by atoms with E-state index in [1.807, 2.05) is 51.1 Å². The zero-order valence-corrected chi connectivity index (χ0v) is 22.3. The Bertz CT molecular complexity index is 1070. The number of likely N-dealkylation sites (N-methyl/N-ethyl adjacent to an activating group) is 1. The highest BCUT2D eigenvalue weighted by atomic mass is 16.5. The highest BCUT2D eigenvalue weighted by Crippen LogP contribution is 2.64. The van der Waals surface area contributed by atoms with Crippen molar-refractivity contribution in [3.63, 3.8) is 0 Å². The fourth-order valence-electron chi connectivity index (χ4n) is 6.76. The van der Waals surface area contributed by atoms with Crippen molar-refractivity contribution in [2.24, 2.45) is 11.8 Å². The summed E-state index contributed by atoms with van der Waals surface area (Å²) in [6.07, 6.45) is 4.35. The molecule has 37 heavy (non-hydrogen) atoms. The topological polar surface area (TPSA) is 90.4 Å². The molecule has 1 aromatic rings. The molecule has 0 radical (unpaired) electrons. The smallest absolute Gasteiger partial charge is 0.248 e. The van der Waals surface area contributed by atoms with E-state index < -0.39 is 35.1 Å². The van der Waals surface area contributed by atoms with Crippen LogP contribution < -0.4 is 0 Å². The number of carbonyl (C=O) groups excluding carboxylic acids is 3. The monoisotopic (exact) mass is 509 g/mol. The Morgan fingerprint density at radius 3 is 2.38 bits per heavy atom. The summed E-state index contributed by atoms with van der Waals surface area (Å²) in [5.74, 6) is -2.33. The van der Waals surface area contributed by atoms with Crippen molar-refractivity contribution in [1.29, 1.82) is 0 Å². The highest BCUT2D eigenvalue weighted by molar-refractivity contribution is 5.99. The van der Waals surface area contributed by atoms with Crippen LogP contribution in [0.5, 0.6) is 0 Å². The van der Waals surface area contributed by atoms with Crippen LogP contribution in [0, 0.1) is 11.8 Å². The van der Waals surface area contributed by atoms with Crippen LogP contribution >= 0.6 is 0 Å². The van der Waals surface area contributed by atoms with Crippen LogP contribution in [0.15, 0.2) is 55.6 Å². The van der Waals surface area contributed by atoms with E-state index in [-0.39, 0.29) is 30.4 Å². The van der Waals surface area contributed by atoms with Gasteiger partial charge in [0.15, 0.2) is 0 Å². The van der Waals surface area contributed by atoms with Crippen LogP contribution in [0.4, 0.5) is 0 Å². The first-order valence-electron chi connectivity index (χ1n) is 13.0. The molecule has 0 aromatic heterocycles. The third-order valence-electron chi connectivity index (χ3n) is 8.42. The molecule has 6 atom stereocenters. The zero-order chi connectivity index (χ0) is 27.1. The van der Waals surface area contributed by atoms with Gasteiger partial charge in [0.2, 0.25) is 17.7 Å². The first-order chi connectivity index (χ1) is 17.6. The summed E-state index contributed by atoms with van der Waals surface area (Å²) in [6.45, 7) is 13.6. The van der Waals surface area contributed by atoms with E-state index in [2.05, 4.69) is 13.2 Å². The predicted molar refractivity (Wildman–Crippen MR) is 140 cm³/mol. The fourth-order valence-corrected chi connectivity index (χ4v) is 6.76. The molecule has 8 heteroatoms. The summed E-state index contributed by atoms with van der Waals surface area (Å²) in [4.78, 5) is 47.2. The Hall–Kier alpha value is -2.97. The minimum absolute atomic E-state index is 0.146. The number of aliphatic hydroxyl groups is 1. The molecule has 1 N–H and O–H groups in total. The Balaban J connectivity index is 1.88. The summed E-state index contributed by atoms with van der Waals surface area (Å²) in [6, 6.07) is 7.34. The molecule has 2 bridgehead atoms. The molecule has 1 aromatic carbocycles. The molecule has 1 spiro atoms. The molecule has 3 aliphatic rings. The normalized spacial score (nSPS) is 30.8. The minimum atomic E-state index is -1.16. The summed E-state index contributed by atoms with van der Waals surface area (Å²) in [7, 11) is 1.69. The lowest BCUT2D eigenvalue weighted by atomic mass is 9.66. The number of rotatable bonds is 10. The van der Waals surface area contributed by atoms with Crippen LogP contribution in [0.25, 0.3) is 0 Å². The Morgan fingerprint density at radius 2 is 1.81 bits per heavy atom. The lowest BCUT2D eigenvalue weighted by Gasteiger charge is -2.40. The Morgan fingerprint density at radius 1 is 1.16 bits per heavy atom. The van der Waals surface area contributed by atoms with Crippen LogP contribution in [0.2, 0.25) is 0 Å². The second-order valence-electron chi connectivity index (χ2n) is 11.0. The molecule has 8 nitrogen and oxygen atoms in total. The second-order valence-corrected chi connectivity index (χ2v) is 11.0. The largest absolute Gasteiger partial charge is 0.394 e. The number of benzene rings is 1. The van der Waals surface area contributed by atoms with Gasteiger partial charge >= 0.3 is 0 Å². The first kappa shape index (κ1) is 27.1. The van der Waals surface area contributed by atoms with E-state index in [0.29, 0.717) is 25.9 Å². The number of ether oxygens (including phenoxy) is 1. The lowest BCUT2D eigenvalue weighted by molar-refractivity contribution is -0.157. The van der Waals surface area contributed by atoms with E-state index in [9.17, 15) is 19.5 Å². The molecule has 2 unspecified atom stereocenters. The van der Waals surface area contributed by atoms with Gasteiger partial charge in [0.05, 0.1) is 30.1 Å². The van der Waals surface area contributed by atoms with E-state index in [4.69, 9.17) is 4.74 Å². The summed E-state index contributed by atoms with van der Waals surface area (Å²) < 4.78 is 6.72. The molecule has 3 saturated heterocycles. The standard InChI is InChI=1S/C29H39N3O5/c1-7-16-30(6)25(34)22-23-26(35)32(21(18-33)20-12-10-9-11-13-20)24(27(36)31(17-8-2)19(3)4)29(23)15-14-28(22,5)37-29/h7-13,19,21-24,33H,1-2,14-18H2,3-6H3/t21-,22+,23+,24?,28-,29?/m1/s1. The average Bonchev–Trinajstić information content (AvgIpc) is 3.44. The molecule has 3 aliphatic heterocycles. The zero-order valence-electron chi connectivity index (χ0n) is 22.3. The van der Waals surface area contributed by atoms with Crippen molar-refractivity contribution >= 4 is 17.7 Å². The quantitative estimate of drug-likeness (QED) is 0.490. The van der Waals surface area contributed by atoms with Crippen molar-refractivity contribution in [3.05, 3.63) is 61.2 Å². The number of carbonyl (C=O) groups is 3. The molecular weight excluding hydrogens is 470 g/mol. The number of likely N-dealkylation sites (tertiary alicyclic amines) is 1. The van der Waals surface area contributed by atoms with Crippen molar-refractivity contribution in [2.75, 3.05) is 26.7 Å². The minimum Gasteiger partial charge on any atom is -0.394 e. The predicted octanol–water partition coefficient (Wildman–Crippen LogP) is 2.55. The molecular formula is C29H39N3O5. The van der Waals surface area contributed by atoms with Crippen molar-refractivity contribution in [3.8, 4) is 0 Å². The van der Waals surface area contributed by atoms with Crippen molar-refractivity contribution in [2.45, 2.75) is 62.9 Å². The van der Waals surface area contributed by atoms with E-state index in [0.717, 1.165) is 5.56 Å². The Labute approximate surface area is 219 Å². The number of hydrogen-bond acceptors (Lipinski definition) is 5. The van der Waals surface area contributed by atoms with Gasteiger partial charge in [-0.2, -0.15) is 0 Å². The van der Waals surface area contributed by atoms with Gasteiger partial charge in [-0.1, -0.05) is 42.5 Å². The maximum atomic E-state index is 14.4. The van der Waals surface area contributed by atoms with Gasteiger partial charge in [0.25, 0.3) is 0 Å². The van der Waals surface area contributed by atoms with Gasteiger partial charge in [-0.25, -0.2) is 0 Å². The number of nitrogens with zero attached hydrogens (tertiary/aromatic N) is 3. The summed E-state index contributed by atoms with van der Waals surface area (Å²) in [5, 5.41) is 10.6. The van der Waals surface area contributed by atoms with Gasteiger partial charge in [0.1, 0.15) is 11.6 Å². The maximum Gasteiger partial charge on any atom is 0.248 e. The maximum absolute atomic E-state index is 14.4. The molecule has 0 aliphatic carbocycles. The Kier molecular flexibility index (Phi) is 7.36. The van der Waals surface area contributed by atoms with Gasteiger partial charge in [0, 0.05) is 26.2 Å². The van der Waals surface area contributed by atoms with Crippen LogP contribution in [-0.4, -0.2) is 87.6 Å². The van der Waals surface area contributed by atoms with E-state index >= 15 is 0 Å². The number of fused-ring (bicyclic) bond motifs is 1. The van der Waals surface area contributed by atoms with Crippen LogP contribution in [0.1, 0.15) is 45.2 Å². The third-order valence-corrected chi connectivity index (χ3v) is 8.42. The third kappa shape index (κ3) is 4.10. The van der Waals surface area contributed by atoms with Crippen molar-refractivity contribution in [1.82, 2.24) is 14.7 Å². The SMILES string of the molecule is C=CCN(C)C(=O)[C@@H]1[C@H]2C(=O)N([C@H](CO)c3ccccc3)C(C(=O)N(CC=C)C(C)C)C23CC[C@@]1(C)O3. The molecule has 0 saturated carbocycles. The highest BCUT2D eigenvalue weighted by Gasteiger charge is 2.78. The van der Waals surface area contributed by atoms with Crippen LogP contribution in [-0.2, 0) is 19.1 Å². The summed E-state index contributed by atoms with van der Waals surface area (Å²) in [5.41, 5.74) is -1.30. The van der Waals surface area contributed by atoms with Crippen molar-refractivity contribution < 1.29 is 24.2 Å². The molecule has 4 rings (SSSR count). The van der Waals surface area contributed by atoms with Gasteiger partial charge < -0.3 is 24.5 Å². The second kappa shape index (κ2) is 10.1. The lowest BCUT2D eigenvalue weighted by Crippen LogP contribution is -2.58. The van der Waals surface area contributed by atoms with Gasteiger partial charge in [-0.05, 0) is 39.2 Å². The molecule has 200 valence electrons. The van der Waals surface area contributed by atoms with E-state index in [1.54, 1.807) is 29.0 Å². The average molecular weight is 510 g/mol. The number of hydrogen-bond donors (Lipinski definition) is 1. The van der Waals surface area contributed by atoms with Gasteiger partial charge in [-0.15, -0.1) is 13.2 Å². The number of amides is 3. The van der Waals surface area contributed by atoms with Gasteiger partial charge in [-0.3, -0.25) is 14.4 Å². The van der Waals surface area contributed by atoms with Crippen LogP contribution in [0.3, 0.4) is 0 Å². The molecule has 3 fully saturated rings. The first-order valence-corrected chi connectivity index (χ1v) is 13.0. The summed E-state index contributed by atoms with van der Waals surface area (Å²) >= 11 is 0. The molecule has 3 heterocycles. The number of aliphatic hydroxyl groups excluding tert-OH is 1. The molecule has 3 amide bonds.